The first kappa shape index (κ1) is 16.2. The van der Waals surface area contributed by atoms with E-state index in [4.69, 9.17) is 5.73 Å². The SMILES string of the molecule is CCc1ccc(C(F)(F)F)c(C(=O)N2Cc3cnc(N)nc3C2)c1. The average Bonchev–Trinajstić information content (AvgIpc) is 2.95. The molecular formula is C16H15F3N4O. The first-order chi connectivity index (χ1) is 11.3. The molecule has 24 heavy (non-hydrogen) atoms. The number of carbonyl (C=O) groups is 1. The van der Waals surface area contributed by atoms with Crippen LogP contribution in [0, 0.1) is 0 Å². The lowest BCUT2D eigenvalue weighted by Gasteiger charge is -2.19. The molecule has 1 aliphatic heterocycles. The van der Waals surface area contributed by atoms with E-state index < -0.39 is 17.6 Å². The highest BCUT2D eigenvalue weighted by molar-refractivity contribution is 5.96. The van der Waals surface area contributed by atoms with Crippen molar-refractivity contribution in [3.05, 3.63) is 52.3 Å². The van der Waals surface area contributed by atoms with Gasteiger partial charge in [0.2, 0.25) is 5.95 Å². The standard InChI is InChI=1S/C16H15F3N4O/c1-2-9-3-4-12(16(17,18)19)11(5-9)14(24)23-7-10-6-21-15(20)22-13(10)8-23/h3-6H,2,7-8H2,1H3,(H2,20,21,22). The second kappa shape index (κ2) is 5.77. The number of carbonyl (C=O) groups excluding carboxylic acids is 1. The Morgan fingerprint density at radius 2 is 2.08 bits per heavy atom. The molecule has 1 aromatic carbocycles. The highest BCUT2D eigenvalue weighted by Crippen LogP contribution is 2.34. The zero-order valence-corrected chi connectivity index (χ0v) is 12.9. The van der Waals surface area contributed by atoms with Crippen LogP contribution in [0.15, 0.2) is 24.4 Å². The average molecular weight is 336 g/mol. The van der Waals surface area contributed by atoms with Gasteiger partial charge in [-0.3, -0.25) is 4.79 Å². The molecule has 0 aliphatic carbocycles. The van der Waals surface area contributed by atoms with Crippen molar-refractivity contribution in [2.45, 2.75) is 32.6 Å². The number of anilines is 1. The van der Waals surface area contributed by atoms with E-state index in [-0.39, 0.29) is 24.6 Å². The minimum atomic E-state index is -4.59. The molecule has 0 atom stereocenters. The Balaban J connectivity index is 1.96. The van der Waals surface area contributed by atoms with Crippen LogP contribution in [-0.4, -0.2) is 20.8 Å². The van der Waals surface area contributed by atoms with Crippen LogP contribution in [0.25, 0.3) is 0 Å². The summed E-state index contributed by atoms with van der Waals surface area (Å²) in [6.45, 7) is 2.11. The summed E-state index contributed by atoms with van der Waals surface area (Å²) in [4.78, 5) is 21.9. The summed E-state index contributed by atoms with van der Waals surface area (Å²) in [6, 6.07) is 3.67. The number of nitrogen functional groups attached to an aromatic ring is 1. The Bertz CT molecular complexity index is 804. The molecule has 0 saturated heterocycles. The van der Waals surface area contributed by atoms with E-state index in [1.807, 2.05) is 6.92 Å². The molecule has 0 saturated carbocycles. The normalized spacial score (nSPS) is 13.9. The molecule has 126 valence electrons. The predicted molar refractivity (Wildman–Crippen MR) is 80.8 cm³/mol. The third-order valence-corrected chi connectivity index (χ3v) is 3.99. The first-order valence-electron chi connectivity index (χ1n) is 7.39. The summed E-state index contributed by atoms with van der Waals surface area (Å²) in [5.74, 6) is -0.596. The van der Waals surface area contributed by atoms with Gasteiger partial charge in [-0.1, -0.05) is 13.0 Å². The third kappa shape index (κ3) is 2.91. The number of nitrogens with zero attached hydrogens (tertiary/aromatic N) is 3. The third-order valence-electron chi connectivity index (χ3n) is 3.99. The molecule has 0 unspecified atom stereocenters. The van der Waals surface area contributed by atoms with Crippen LogP contribution < -0.4 is 5.73 Å². The highest BCUT2D eigenvalue weighted by Gasteiger charge is 2.37. The molecule has 1 amide bonds. The van der Waals surface area contributed by atoms with Crippen molar-refractivity contribution in [1.29, 1.82) is 0 Å². The summed E-state index contributed by atoms with van der Waals surface area (Å²) in [7, 11) is 0. The molecule has 2 aromatic rings. The van der Waals surface area contributed by atoms with Crippen LogP contribution in [-0.2, 0) is 25.7 Å². The van der Waals surface area contributed by atoms with Crippen molar-refractivity contribution in [3.8, 4) is 0 Å². The fourth-order valence-electron chi connectivity index (χ4n) is 2.72. The van der Waals surface area contributed by atoms with E-state index in [9.17, 15) is 18.0 Å². The number of aryl methyl sites for hydroxylation is 1. The van der Waals surface area contributed by atoms with Crippen molar-refractivity contribution < 1.29 is 18.0 Å². The Kier molecular flexibility index (Phi) is 3.90. The van der Waals surface area contributed by atoms with E-state index >= 15 is 0 Å². The van der Waals surface area contributed by atoms with E-state index in [1.54, 1.807) is 0 Å². The number of aromatic nitrogens is 2. The van der Waals surface area contributed by atoms with Crippen LogP contribution >= 0.6 is 0 Å². The highest BCUT2D eigenvalue weighted by atomic mass is 19.4. The van der Waals surface area contributed by atoms with Gasteiger partial charge < -0.3 is 10.6 Å². The van der Waals surface area contributed by atoms with Crippen LogP contribution in [0.2, 0.25) is 0 Å². The van der Waals surface area contributed by atoms with Gasteiger partial charge >= 0.3 is 6.18 Å². The van der Waals surface area contributed by atoms with Crippen LogP contribution in [0.4, 0.5) is 19.1 Å². The predicted octanol–water partition coefficient (Wildman–Crippen LogP) is 2.80. The van der Waals surface area contributed by atoms with E-state index in [0.717, 1.165) is 6.07 Å². The van der Waals surface area contributed by atoms with Gasteiger partial charge in [-0.2, -0.15) is 13.2 Å². The van der Waals surface area contributed by atoms with Gasteiger partial charge in [-0.25, -0.2) is 9.97 Å². The zero-order chi connectivity index (χ0) is 17.5. The Labute approximate surface area is 136 Å². The molecule has 2 heterocycles. The van der Waals surface area contributed by atoms with Crippen molar-refractivity contribution in [2.75, 3.05) is 5.73 Å². The van der Waals surface area contributed by atoms with Gasteiger partial charge in [0.25, 0.3) is 5.91 Å². The van der Waals surface area contributed by atoms with Crippen LogP contribution in [0.5, 0.6) is 0 Å². The minimum Gasteiger partial charge on any atom is -0.368 e. The number of rotatable bonds is 2. The summed E-state index contributed by atoms with van der Waals surface area (Å²) in [5.41, 5.74) is 6.18. The van der Waals surface area contributed by atoms with Gasteiger partial charge in [-0.05, 0) is 24.1 Å². The smallest absolute Gasteiger partial charge is 0.368 e. The maximum absolute atomic E-state index is 13.2. The number of fused-ring (bicyclic) bond motifs is 1. The van der Waals surface area contributed by atoms with E-state index in [2.05, 4.69) is 9.97 Å². The molecule has 1 aromatic heterocycles. The molecule has 0 fully saturated rings. The number of amides is 1. The number of hydrogen-bond donors (Lipinski definition) is 1. The largest absolute Gasteiger partial charge is 0.417 e. The van der Waals surface area contributed by atoms with Gasteiger partial charge in [0.1, 0.15) is 0 Å². The van der Waals surface area contributed by atoms with E-state index in [1.165, 1.54) is 23.2 Å². The lowest BCUT2D eigenvalue weighted by molar-refractivity contribution is -0.138. The number of halogens is 3. The van der Waals surface area contributed by atoms with Gasteiger partial charge in [0, 0.05) is 18.3 Å². The molecule has 2 N–H and O–H groups in total. The van der Waals surface area contributed by atoms with Crippen LogP contribution in [0.1, 0.15) is 39.7 Å². The Morgan fingerprint density at radius 1 is 1.33 bits per heavy atom. The zero-order valence-electron chi connectivity index (χ0n) is 12.9. The van der Waals surface area contributed by atoms with Crippen molar-refractivity contribution >= 4 is 11.9 Å². The summed E-state index contributed by atoms with van der Waals surface area (Å²) in [5, 5.41) is 0. The first-order valence-corrected chi connectivity index (χ1v) is 7.39. The number of benzene rings is 1. The van der Waals surface area contributed by atoms with Crippen molar-refractivity contribution in [1.82, 2.24) is 14.9 Å². The lowest BCUT2D eigenvalue weighted by atomic mass is 10.0. The molecule has 5 nitrogen and oxygen atoms in total. The van der Waals surface area contributed by atoms with Crippen molar-refractivity contribution in [2.24, 2.45) is 0 Å². The summed E-state index contributed by atoms with van der Waals surface area (Å²) >= 11 is 0. The molecule has 0 radical (unpaired) electrons. The maximum atomic E-state index is 13.2. The molecular weight excluding hydrogens is 321 g/mol. The maximum Gasteiger partial charge on any atom is 0.417 e. The fourth-order valence-corrected chi connectivity index (χ4v) is 2.72. The topological polar surface area (TPSA) is 72.1 Å². The monoisotopic (exact) mass is 336 g/mol. The quantitative estimate of drug-likeness (QED) is 0.915. The second-order valence-corrected chi connectivity index (χ2v) is 5.59. The van der Waals surface area contributed by atoms with Gasteiger partial charge in [-0.15, -0.1) is 0 Å². The molecule has 0 spiro atoms. The van der Waals surface area contributed by atoms with E-state index in [0.29, 0.717) is 23.2 Å². The molecule has 0 bridgehead atoms. The fraction of sp³-hybridized carbons (Fsp3) is 0.312. The number of alkyl halides is 3. The van der Waals surface area contributed by atoms with Gasteiger partial charge in [0.05, 0.1) is 23.4 Å². The van der Waals surface area contributed by atoms with Crippen LogP contribution in [0.3, 0.4) is 0 Å². The molecule has 1 aliphatic rings. The van der Waals surface area contributed by atoms with Crippen molar-refractivity contribution in [3.63, 3.8) is 0 Å². The molecule has 3 rings (SSSR count). The number of hydrogen-bond acceptors (Lipinski definition) is 4. The summed E-state index contributed by atoms with van der Waals surface area (Å²) in [6.07, 6.45) is -2.55. The minimum absolute atomic E-state index is 0.0759. The second-order valence-electron chi connectivity index (χ2n) is 5.59. The number of nitrogens with two attached hydrogens (primary N) is 1. The van der Waals surface area contributed by atoms with Gasteiger partial charge in [0.15, 0.2) is 0 Å². The summed E-state index contributed by atoms with van der Waals surface area (Å²) < 4.78 is 39.7. The Hall–Kier alpha value is -2.64. The Morgan fingerprint density at radius 3 is 2.75 bits per heavy atom. The molecule has 8 heteroatoms. The lowest BCUT2D eigenvalue weighted by Crippen LogP contribution is -2.28.